The molecule has 1 rings (SSSR count). The summed E-state index contributed by atoms with van der Waals surface area (Å²) >= 11 is 0.944. The first-order valence-corrected chi connectivity index (χ1v) is 5.88. The lowest BCUT2D eigenvalue weighted by Crippen LogP contribution is -2.39. The van der Waals surface area contributed by atoms with Crippen molar-refractivity contribution in [1.29, 1.82) is 0 Å². The van der Waals surface area contributed by atoms with Gasteiger partial charge in [0.15, 0.2) is 0 Å². The van der Waals surface area contributed by atoms with Crippen molar-refractivity contribution in [3.63, 3.8) is 0 Å². The SMILES string of the molecule is Cc1nsc(NC(=O)C(N)C(C)C)c1C(=O)O. The molecule has 0 saturated heterocycles. The molecule has 1 amide bonds. The number of amides is 1. The van der Waals surface area contributed by atoms with Crippen LogP contribution in [0.4, 0.5) is 5.00 Å². The van der Waals surface area contributed by atoms with Crippen molar-refractivity contribution in [2.75, 3.05) is 5.32 Å². The van der Waals surface area contributed by atoms with Gasteiger partial charge in [0.1, 0.15) is 10.6 Å². The number of aromatic carboxylic acids is 1. The molecule has 0 aromatic carbocycles. The molecule has 94 valence electrons. The Hall–Kier alpha value is -1.47. The second-order valence-corrected chi connectivity index (χ2v) is 4.81. The lowest BCUT2D eigenvalue weighted by molar-refractivity contribution is -0.118. The van der Waals surface area contributed by atoms with Crippen molar-refractivity contribution in [3.05, 3.63) is 11.3 Å². The zero-order chi connectivity index (χ0) is 13.2. The van der Waals surface area contributed by atoms with Gasteiger partial charge in [-0.3, -0.25) is 4.79 Å². The Balaban J connectivity index is 2.89. The molecule has 7 heteroatoms. The maximum absolute atomic E-state index is 11.7. The first-order valence-electron chi connectivity index (χ1n) is 5.10. The standard InChI is InChI=1S/C10H15N3O3S/c1-4(2)7(11)8(14)12-9-6(10(15)16)5(3)13-17-9/h4,7H,11H2,1-3H3,(H,12,14)(H,15,16). The van der Waals surface area contributed by atoms with E-state index in [0.29, 0.717) is 5.69 Å². The predicted molar refractivity (Wildman–Crippen MR) is 65.3 cm³/mol. The molecule has 0 saturated carbocycles. The van der Waals surface area contributed by atoms with Gasteiger partial charge in [0.2, 0.25) is 5.91 Å². The number of carbonyl (C=O) groups excluding carboxylic acids is 1. The topological polar surface area (TPSA) is 105 Å². The third-order valence-electron chi connectivity index (χ3n) is 2.33. The van der Waals surface area contributed by atoms with E-state index in [1.165, 1.54) is 0 Å². The Labute approximate surface area is 103 Å². The highest BCUT2D eigenvalue weighted by Gasteiger charge is 2.23. The summed E-state index contributed by atoms with van der Waals surface area (Å²) in [4.78, 5) is 22.7. The van der Waals surface area contributed by atoms with E-state index in [-0.39, 0.29) is 16.5 Å². The van der Waals surface area contributed by atoms with Crippen molar-refractivity contribution >= 4 is 28.4 Å². The highest BCUT2D eigenvalue weighted by molar-refractivity contribution is 7.11. The van der Waals surface area contributed by atoms with E-state index in [9.17, 15) is 9.59 Å². The number of hydrogen-bond donors (Lipinski definition) is 3. The van der Waals surface area contributed by atoms with Crippen molar-refractivity contribution in [2.45, 2.75) is 26.8 Å². The highest BCUT2D eigenvalue weighted by Crippen LogP contribution is 2.24. The molecule has 1 unspecified atom stereocenters. The van der Waals surface area contributed by atoms with Crippen LogP contribution in [-0.2, 0) is 4.79 Å². The van der Waals surface area contributed by atoms with Crippen molar-refractivity contribution in [3.8, 4) is 0 Å². The summed E-state index contributed by atoms with van der Waals surface area (Å²) in [5, 5.41) is 11.7. The second kappa shape index (κ2) is 5.24. The Bertz CT molecular complexity index is 442. The van der Waals surface area contributed by atoms with Gasteiger partial charge in [-0.25, -0.2) is 4.79 Å². The van der Waals surface area contributed by atoms with Crippen LogP contribution in [0.1, 0.15) is 29.9 Å². The largest absolute Gasteiger partial charge is 0.478 e. The van der Waals surface area contributed by atoms with E-state index in [1.807, 2.05) is 13.8 Å². The van der Waals surface area contributed by atoms with E-state index >= 15 is 0 Å². The minimum atomic E-state index is -1.11. The highest BCUT2D eigenvalue weighted by atomic mass is 32.1. The molecule has 1 aromatic rings. The van der Waals surface area contributed by atoms with Crippen molar-refractivity contribution < 1.29 is 14.7 Å². The van der Waals surface area contributed by atoms with Gasteiger partial charge in [-0.15, -0.1) is 0 Å². The number of anilines is 1. The molecule has 1 atom stereocenters. The summed E-state index contributed by atoms with van der Waals surface area (Å²) in [6.07, 6.45) is 0. The smallest absolute Gasteiger partial charge is 0.340 e. The number of nitrogens with two attached hydrogens (primary N) is 1. The molecule has 0 aliphatic carbocycles. The lowest BCUT2D eigenvalue weighted by atomic mass is 10.1. The fraction of sp³-hybridized carbons (Fsp3) is 0.500. The van der Waals surface area contributed by atoms with Gasteiger partial charge in [-0.1, -0.05) is 13.8 Å². The zero-order valence-corrected chi connectivity index (χ0v) is 10.7. The number of nitrogens with zero attached hydrogens (tertiary/aromatic N) is 1. The second-order valence-electron chi connectivity index (χ2n) is 4.04. The summed E-state index contributed by atoms with van der Waals surface area (Å²) in [6.45, 7) is 5.22. The number of aromatic nitrogens is 1. The molecule has 0 fully saturated rings. The number of carboxylic acid groups (broad SMARTS) is 1. The number of aryl methyl sites for hydroxylation is 1. The van der Waals surface area contributed by atoms with E-state index in [0.717, 1.165) is 11.5 Å². The molecule has 0 radical (unpaired) electrons. The van der Waals surface area contributed by atoms with Gasteiger partial charge in [0.05, 0.1) is 11.7 Å². The summed E-state index contributed by atoms with van der Waals surface area (Å²) < 4.78 is 3.90. The molecule has 1 heterocycles. The summed E-state index contributed by atoms with van der Waals surface area (Å²) in [7, 11) is 0. The Kier molecular flexibility index (Phi) is 4.19. The number of nitrogens with one attached hydrogen (secondary N) is 1. The minimum absolute atomic E-state index is 0.0164. The molecule has 0 spiro atoms. The molecular weight excluding hydrogens is 242 g/mol. The van der Waals surface area contributed by atoms with Crippen LogP contribution >= 0.6 is 11.5 Å². The zero-order valence-electron chi connectivity index (χ0n) is 9.85. The Morgan fingerprint density at radius 1 is 1.47 bits per heavy atom. The predicted octanol–water partition coefficient (Wildman–Crippen LogP) is 1.07. The normalized spacial score (nSPS) is 12.5. The van der Waals surface area contributed by atoms with Crippen LogP contribution in [0.15, 0.2) is 0 Å². The Morgan fingerprint density at radius 2 is 2.06 bits per heavy atom. The van der Waals surface area contributed by atoms with Gasteiger partial charge in [0, 0.05) is 0 Å². The number of carboxylic acids is 1. The monoisotopic (exact) mass is 257 g/mol. The molecule has 0 aliphatic heterocycles. The maximum atomic E-state index is 11.7. The molecule has 0 aliphatic rings. The quantitative estimate of drug-likeness (QED) is 0.748. The summed E-state index contributed by atoms with van der Waals surface area (Å²) in [6, 6.07) is -0.668. The fourth-order valence-electron chi connectivity index (χ4n) is 1.20. The van der Waals surface area contributed by atoms with Crippen LogP contribution < -0.4 is 11.1 Å². The lowest BCUT2D eigenvalue weighted by Gasteiger charge is -2.14. The molecule has 6 nitrogen and oxygen atoms in total. The average Bonchev–Trinajstić information content (AvgIpc) is 2.58. The first-order chi connectivity index (χ1) is 7.84. The van der Waals surface area contributed by atoms with Gasteiger partial charge in [-0.05, 0) is 24.4 Å². The van der Waals surface area contributed by atoms with Crippen LogP contribution in [0.2, 0.25) is 0 Å². The molecular formula is C10H15N3O3S. The van der Waals surface area contributed by atoms with Crippen LogP contribution in [0.25, 0.3) is 0 Å². The Morgan fingerprint density at radius 3 is 2.53 bits per heavy atom. The van der Waals surface area contributed by atoms with E-state index < -0.39 is 17.9 Å². The van der Waals surface area contributed by atoms with Crippen LogP contribution in [-0.4, -0.2) is 27.4 Å². The minimum Gasteiger partial charge on any atom is -0.478 e. The number of hydrogen-bond acceptors (Lipinski definition) is 5. The third kappa shape index (κ3) is 3.01. The van der Waals surface area contributed by atoms with Gasteiger partial charge in [-0.2, -0.15) is 4.37 Å². The summed E-state index contributed by atoms with van der Waals surface area (Å²) in [5.41, 5.74) is 6.08. The first kappa shape index (κ1) is 13.6. The van der Waals surface area contributed by atoms with E-state index in [4.69, 9.17) is 10.8 Å². The van der Waals surface area contributed by atoms with Crippen molar-refractivity contribution in [1.82, 2.24) is 4.37 Å². The average molecular weight is 257 g/mol. The van der Waals surface area contributed by atoms with Gasteiger partial charge < -0.3 is 16.2 Å². The van der Waals surface area contributed by atoms with Crippen LogP contribution in [0.3, 0.4) is 0 Å². The molecule has 17 heavy (non-hydrogen) atoms. The fourth-order valence-corrected chi connectivity index (χ4v) is 2.00. The molecule has 1 aromatic heterocycles. The van der Waals surface area contributed by atoms with Gasteiger partial charge >= 0.3 is 5.97 Å². The number of rotatable bonds is 4. The van der Waals surface area contributed by atoms with Crippen LogP contribution in [0, 0.1) is 12.8 Å². The maximum Gasteiger partial charge on any atom is 0.340 e. The van der Waals surface area contributed by atoms with Crippen molar-refractivity contribution in [2.24, 2.45) is 11.7 Å². The third-order valence-corrected chi connectivity index (χ3v) is 3.19. The van der Waals surface area contributed by atoms with E-state index in [1.54, 1.807) is 6.92 Å². The summed E-state index contributed by atoms with van der Waals surface area (Å²) in [5.74, 6) is -1.52. The van der Waals surface area contributed by atoms with Crippen LogP contribution in [0.5, 0.6) is 0 Å². The van der Waals surface area contributed by atoms with E-state index in [2.05, 4.69) is 9.69 Å². The van der Waals surface area contributed by atoms with Gasteiger partial charge in [0.25, 0.3) is 0 Å². The number of carbonyl (C=O) groups is 2. The molecule has 0 bridgehead atoms. The molecule has 4 N–H and O–H groups in total.